The van der Waals surface area contributed by atoms with Gasteiger partial charge in [-0.25, -0.2) is 0 Å². The molecule has 0 bridgehead atoms. The van der Waals surface area contributed by atoms with E-state index in [1.807, 2.05) is 0 Å². The van der Waals surface area contributed by atoms with Crippen LogP contribution in [0.15, 0.2) is 42.5 Å². The summed E-state index contributed by atoms with van der Waals surface area (Å²) in [6, 6.07) is 15.5. The molecule has 0 spiro atoms. The van der Waals surface area contributed by atoms with Crippen molar-refractivity contribution in [2.45, 2.75) is 77.0 Å². The monoisotopic (exact) mass is 532 g/mol. The van der Waals surface area contributed by atoms with Crippen LogP contribution in [0.4, 0.5) is 11.4 Å². The first-order valence-electron chi connectivity index (χ1n) is 15.4. The standard InChI is InChI=1S/C34H48N2O3/c1-25-20-30(16-17-33(25)39-3)28-14-12-26(13-15-28)23-36(34(37)29-8-5-4-6-9-29)32-11-7-10-31(21-32)35-19-18-27(22-35)24-38-2/h7,10-11,16-17,20-21,26-29H,4-6,8-9,12-15,18-19,22-24H2,1-3H3/t26-,27?,28-. The number of benzene rings is 2. The van der Waals surface area contributed by atoms with Crippen LogP contribution in [-0.4, -0.2) is 46.4 Å². The fraction of sp³-hybridized carbons (Fsp3) is 0.618. The van der Waals surface area contributed by atoms with E-state index in [1.54, 1.807) is 14.2 Å². The lowest BCUT2D eigenvalue weighted by molar-refractivity contribution is -0.123. The van der Waals surface area contributed by atoms with Crippen LogP contribution in [-0.2, 0) is 9.53 Å². The van der Waals surface area contributed by atoms with E-state index in [0.29, 0.717) is 23.7 Å². The number of hydrogen-bond acceptors (Lipinski definition) is 4. The van der Waals surface area contributed by atoms with Crippen LogP contribution in [0.5, 0.6) is 5.75 Å². The molecule has 2 aromatic rings. The number of methoxy groups -OCH3 is 2. The average Bonchev–Trinajstić information content (AvgIpc) is 3.45. The van der Waals surface area contributed by atoms with Crippen molar-refractivity contribution in [3.8, 4) is 5.75 Å². The lowest BCUT2D eigenvalue weighted by Crippen LogP contribution is -2.41. The smallest absolute Gasteiger partial charge is 0.230 e. The maximum atomic E-state index is 14.0. The molecule has 1 atom stereocenters. The lowest BCUT2D eigenvalue weighted by Gasteiger charge is -2.36. The second kappa shape index (κ2) is 13.2. The zero-order valence-electron chi connectivity index (χ0n) is 24.4. The van der Waals surface area contributed by atoms with Crippen LogP contribution in [0.25, 0.3) is 0 Å². The molecule has 0 aromatic heterocycles. The molecule has 2 aromatic carbocycles. The summed E-state index contributed by atoms with van der Waals surface area (Å²) >= 11 is 0. The molecule has 1 aliphatic heterocycles. The van der Waals surface area contributed by atoms with Gasteiger partial charge in [-0.1, -0.05) is 37.5 Å². The van der Waals surface area contributed by atoms with E-state index in [0.717, 1.165) is 50.5 Å². The van der Waals surface area contributed by atoms with Gasteiger partial charge in [0.05, 0.1) is 13.7 Å². The van der Waals surface area contributed by atoms with E-state index < -0.39 is 0 Å². The van der Waals surface area contributed by atoms with Gasteiger partial charge in [-0.05, 0) is 99.1 Å². The molecule has 1 saturated heterocycles. The quantitative estimate of drug-likeness (QED) is 0.338. The maximum Gasteiger partial charge on any atom is 0.230 e. The van der Waals surface area contributed by atoms with Gasteiger partial charge in [0.15, 0.2) is 0 Å². The van der Waals surface area contributed by atoms with Crippen molar-refractivity contribution < 1.29 is 14.3 Å². The van der Waals surface area contributed by atoms with Crippen molar-refractivity contribution in [1.29, 1.82) is 0 Å². The minimum atomic E-state index is 0.180. The molecule has 5 nitrogen and oxygen atoms in total. The zero-order chi connectivity index (χ0) is 27.2. The topological polar surface area (TPSA) is 42.0 Å². The molecular formula is C34H48N2O3. The van der Waals surface area contributed by atoms with E-state index in [4.69, 9.17) is 9.47 Å². The molecule has 5 rings (SSSR count). The van der Waals surface area contributed by atoms with Crippen molar-refractivity contribution in [2.24, 2.45) is 17.8 Å². The van der Waals surface area contributed by atoms with Crippen LogP contribution < -0.4 is 14.5 Å². The van der Waals surface area contributed by atoms with Gasteiger partial charge in [0.2, 0.25) is 5.91 Å². The molecule has 212 valence electrons. The minimum Gasteiger partial charge on any atom is -0.496 e. The van der Waals surface area contributed by atoms with E-state index >= 15 is 0 Å². The number of ether oxygens (including phenoxy) is 2. The number of rotatable bonds is 9. The summed E-state index contributed by atoms with van der Waals surface area (Å²) in [6.07, 6.45) is 11.6. The highest BCUT2D eigenvalue weighted by Crippen LogP contribution is 2.39. The predicted molar refractivity (Wildman–Crippen MR) is 160 cm³/mol. The van der Waals surface area contributed by atoms with Crippen LogP contribution in [0.2, 0.25) is 0 Å². The molecule has 2 aliphatic carbocycles. The molecule has 0 radical (unpaired) electrons. The Kier molecular flexibility index (Phi) is 9.49. The second-order valence-corrected chi connectivity index (χ2v) is 12.3. The number of anilines is 2. The summed E-state index contributed by atoms with van der Waals surface area (Å²) in [5.41, 5.74) is 4.98. The molecule has 2 saturated carbocycles. The largest absolute Gasteiger partial charge is 0.496 e. The Hall–Kier alpha value is -2.53. The van der Waals surface area contributed by atoms with E-state index in [2.05, 4.69) is 59.2 Å². The van der Waals surface area contributed by atoms with Crippen LogP contribution in [0.1, 0.15) is 81.3 Å². The van der Waals surface area contributed by atoms with Gasteiger partial charge in [-0.2, -0.15) is 0 Å². The van der Waals surface area contributed by atoms with Crippen molar-refractivity contribution in [3.05, 3.63) is 53.6 Å². The Morgan fingerprint density at radius 3 is 2.44 bits per heavy atom. The first kappa shape index (κ1) is 28.0. The summed E-state index contributed by atoms with van der Waals surface area (Å²) < 4.78 is 10.9. The van der Waals surface area contributed by atoms with Crippen molar-refractivity contribution in [3.63, 3.8) is 0 Å². The minimum absolute atomic E-state index is 0.180. The third kappa shape index (κ3) is 6.80. The molecule has 1 unspecified atom stereocenters. The normalized spacial score (nSPS) is 24.1. The number of hydrogen-bond donors (Lipinski definition) is 0. The molecule has 3 fully saturated rings. The van der Waals surface area contributed by atoms with Gasteiger partial charge in [-0.3, -0.25) is 4.79 Å². The number of nitrogens with zero attached hydrogens (tertiary/aromatic N) is 2. The third-order valence-corrected chi connectivity index (χ3v) is 9.59. The zero-order valence-corrected chi connectivity index (χ0v) is 24.4. The van der Waals surface area contributed by atoms with Crippen LogP contribution in [0.3, 0.4) is 0 Å². The highest BCUT2D eigenvalue weighted by Gasteiger charge is 2.31. The van der Waals surface area contributed by atoms with Crippen molar-refractivity contribution in [1.82, 2.24) is 0 Å². The summed E-state index contributed by atoms with van der Waals surface area (Å²) in [7, 11) is 3.54. The van der Waals surface area contributed by atoms with Gasteiger partial charge in [-0.15, -0.1) is 0 Å². The van der Waals surface area contributed by atoms with Gasteiger partial charge in [0.1, 0.15) is 5.75 Å². The van der Waals surface area contributed by atoms with Crippen molar-refractivity contribution >= 4 is 17.3 Å². The third-order valence-electron chi connectivity index (χ3n) is 9.59. The van der Waals surface area contributed by atoms with Crippen molar-refractivity contribution in [2.75, 3.05) is 50.3 Å². The van der Waals surface area contributed by atoms with Gasteiger partial charge < -0.3 is 19.3 Å². The Morgan fingerprint density at radius 2 is 1.72 bits per heavy atom. The summed E-state index contributed by atoms with van der Waals surface area (Å²) in [5.74, 6) is 3.25. The maximum absolute atomic E-state index is 14.0. The Morgan fingerprint density at radius 1 is 0.923 bits per heavy atom. The Balaban J connectivity index is 1.29. The molecule has 39 heavy (non-hydrogen) atoms. The molecule has 3 aliphatic rings. The molecule has 5 heteroatoms. The summed E-state index contributed by atoms with van der Waals surface area (Å²) in [6.45, 7) is 5.89. The fourth-order valence-corrected chi connectivity index (χ4v) is 7.28. The number of carbonyl (C=O) groups excluding carboxylic acids is 1. The molecule has 0 N–H and O–H groups in total. The average molecular weight is 533 g/mol. The van der Waals surface area contributed by atoms with Gasteiger partial charge in [0.25, 0.3) is 0 Å². The molecule has 1 amide bonds. The van der Waals surface area contributed by atoms with Crippen LogP contribution >= 0.6 is 0 Å². The lowest BCUT2D eigenvalue weighted by atomic mass is 9.78. The molecular weight excluding hydrogens is 484 g/mol. The number of amides is 1. The molecule has 1 heterocycles. The fourth-order valence-electron chi connectivity index (χ4n) is 7.28. The van der Waals surface area contributed by atoms with Gasteiger partial charge >= 0.3 is 0 Å². The first-order valence-corrected chi connectivity index (χ1v) is 15.4. The van der Waals surface area contributed by atoms with E-state index in [9.17, 15) is 4.79 Å². The highest BCUT2D eigenvalue weighted by molar-refractivity contribution is 5.95. The highest BCUT2D eigenvalue weighted by atomic mass is 16.5. The van der Waals surface area contributed by atoms with Crippen LogP contribution in [0, 0.1) is 24.7 Å². The SMILES string of the molecule is COCC1CCN(c2cccc(N(C[C@H]3CC[C@H](c4ccc(OC)c(C)c4)CC3)C(=O)C3CCCCC3)c2)C1. The number of carbonyl (C=O) groups is 1. The number of aryl methyl sites for hydroxylation is 1. The van der Waals surface area contributed by atoms with E-state index in [-0.39, 0.29) is 5.92 Å². The first-order chi connectivity index (χ1) is 19.1. The Bertz CT molecular complexity index is 1090. The second-order valence-electron chi connectivity index (χ2n) is 12.3. The summed E-state index contributed by atoms with van der Waals surface area (Å²) in [5, 5.41) is 0. The van der Waals surface area contributed by atoms with Gasteiger partial charge in [0, 0.05) is 50.0 Å². The summed E-state index contributed by atoms with van der Waals surface area (Å²) in [4.78, 5) is 18.7. The Labute approximate surface area is 235 Å². The van der Waals surface area contributed by atoms with E-state index in [1.165, 1.54) is 68.2 Å². The predicted octanol–water partition coefficient (Wildman–Crippen LogP) is 7.36.